The first-order valence-corrected chi connectivity index (χ1v) is 7.75. The molecule has 19 heavy (non-hydrogen) atoms. The van der Waals surface area contributed by atoms with E-state index in [1.807, 2.05) is 0 Å². The molecule has 2 N–H and O–H groups in total. The number of nitrogens with zero attached hydrogens (tertiary/aromatic N) is 1. The second-order valence-electron chi connectivity index (χ2n) is 5.54. The van der Waals surface area contributed by atoms with Crippen LogP contribution in [0, 0.1) is 5.92 Å². The number of halogens is 1. The summed E-state index contributed by atoms with van der Waals surface area (Å²) in [7, 11) is 0. The number of likely N-dealkylation sites (tertiary alicyclic amines) is 1. The number of carbonyl (C=O) groups excluding carboxylic acids is 1. The number of nitrogens with two attached hydrogens (primary N) is 1. The fourth-order valence-corrected chi connectivity index (χ4v) is 2.76. The Morgan fingerprint density at radius 1 is 1.16 bits per heavy atom. The van der Waals surface area contributed by atoms with E-state index in [9.17, 15) is 4.79 Å². The number of unbranched alkanes of at least 4 members (excludes halogenated alkanes) is 3. The van der Waals surface area contributed by atoms with Crippen LogP contribution >= 0.6 is 12.4 Å². The lowest BCUT2D eigenvalue weighted by Gasteiger charge is -2.20. The second kappa shape index (κ2) is 11.5. The summed E-state index contributed by atoms with van der Waals surface area (Å²) in [5.74, 6) is 1.21. The van der Waals surface area contributed by atoms with Gasteiger partial charge in [0, 0.05) is 19.5 Å². The van der Waals surface area contributed by atoms with Crippen LogP contribution in [-0.2, 0) is 4.79 Å². The highest BCUT2D eigenvalue weighted by molar-refractivity contribution is 5.85. The summed E-state index contributed by atoms with van der Waals surface area (Å²) < 4.78 is 0. The molecule has 1 fully saturated rings. The van der Waals surface area contributed by atoms with Gasteiger partial charge in [-0.3, -0.25) is 4.79 Å². The van der Waals surface area contributed by atoms with E-state index in [1.165, 1.54) is 32.1 Å². The number of rotatable bonds is 7. The highest BCUT2D eigenvalue weighted by Gasteiger charge is 2.18. The summed E-state index contributed by atoms with van der Waals surface area (Å²) in [6.07, 6.45) is 10.1. The second-order valence-corrected chi connectivity index (χ2v) is 5.54. The third-order valence-corrected chi connectivity index (χ3v) is 4.12. The molecule has 1 aliphatic heterocycles. The van der Waals surface area contributed by atoms with Gasteiger partial charge in [0.1, 0.15) is 0 Å². The Balaban J connectivity index is 0.00000324. The molecule has 0 saturated carbocycles. The third-order valence-electron chi connectivity index (χ3n) is 4.12. The Morgan fingerprint density at radius 3 is 2.58 bits per heavy atom. The van der Waals surface area contributed by atoms with Gasteiger partial charge < -0.3 is 10.6 Å². The van der Waals surface area contributed by atoms with Gasteiger partial charge in [-0.05, 0) is 44.6 Å². The smallest absolute Gasteiger partial charge is 0.222 e. The summed E-state index contributed by atoms with van der Waals surface area (Å²) in [5, 5.41) is 0. The summed E-state index contributed by atoms with van der Waals surface area (Å²) in [5.41, 5.74) is 5.46. The van der Waals surface area contributed by atoms with Crippen LogP contribution in [0.2, 0.25) is 0 Å². The van der Waals surface area contributed by atoms with Crippen LogP contribution in [0.1, 0.15) is 64.7 Å². The van der Waals surface area contributed by atoms with Crippen molar-refractivity contribution in [2.75, 3.05) is 19.6 Å². The minimum atomic E-state index is 0. The Labute approximate surface area is 124 Å². The molecule has 0 aromatic heterocycles. The lowest BCUT2D eigenvalue weighted by Crippen LogP contribution is -2.31. The lowest BCUT2D eigenvalue weighted by molar-refractivity contribution is -0.131. The van der Waals surface area contributed by atoms with Crippen LogP contribution in [0.25, 0.3) is 0 Å². The van der Waals surface area contributed by atoms with Crippen LogP contribution in [0.4, 0.5) is 0 Å². The van der Waals surface area contributed by atoms with E-state index in [0.717, 1.165) is 51.2 Å². The zero-order valence-electron chi connectivity index (χ0n) is 12.4. The SMILES string of the molecule is CCC1CCCN(C(=O)CCCCCCN)CC1.Cl. The lowest BCUT2D eigenvalue weighted by atomic mass is 9.98. The monoisotopic (exact) mass is 290 g/mol. The van der Waals surface area contributed by atoms with Crippen molar-refractivity contribution in [1.29, 1.82) is 0 Å². The molecule has 1 amide bonds. The topological polar surface area (TPSA) is 46.3 Å². The van der Waals surface area contributed by atoms with Crippen molar-refractivity contribution in [3.8, 4) is 0 Å². The molecule has 0 radical (unpaired) electrons. The Bertz CT molecular complexity index is 236. The van der Waals surface area contributed by atoms with Crippen molar-refractivity contribution in [3.63, 3.8) is 0 Å². The van der Waals surface area contributed by atoms with Crippen molar-refractivity contribution in [3.05, 3.63) is 0 Å². The van der Waals surface area contributed by atoms with E-state index in [0.29, 0.717) is 5.91 Å². The molecule has 4 heteroatoms. The average Bonchev–Trinajstić information content (AvgIpc) is 2.63. The molecule has 0 bridgehead atoms. The van der Waals surface area contributed by atoms with Gasteiger partial charge in [-0.25, -0.2) is 0 Å². The summed E-state index contributed by atoms with van der Waals surface area (Å²) in [6, 6.07) is 0. The molecule has 1 aliphatic rings. The van der Waals surface area contributed by atoms with Gasteiger partial charge in [0.25, 0.3) is 0 Å². The van der Waals surface area contributed by atoms with Gasteiger partial charge in [0.05, 0.1) is 0 Å². The molecule has 1 atom stereocenters. The van der Waals surface area contributed by atoms with E-state index < -0.39 is 0 Å². The number of hydrogen-bond donors (Lipinski definition) is 1. The van der Waals surface area contributed by atoms with Gasteiger partial charge in [0.15, 0.2) is 0 Å². The van der Waals surface area contributed by atoms with Gasteiger partial charge in [-0.15, -0.1) is 12.4 Å². The molecule has 1 saturated heterocycles. The third kappa shape index (κ3) is 7.78. The van der Waals surface area contributed by atoms with Crippen LogP contribution in [0.5, 0.6) is 0 Å². The van der Waals surface area contributed by atoms with Gasteiger partial charge in [-0.1, -0.05) is 26.2 Å². The highest BCUT2D eigenvalue weighted by Crippen LogP contribution is 2.20. The summed E-state index contributed by atoms with van der Waals surface area (Å²) >= 11 is 0. The molecule has 1 rings (SSSR count). The van der Waals surface area contributed by atoms with Gasteiger partial charge in [-0.2, -0.15) is 0 Å². The Morgan fingerprint density at radius 2 is 1.89 bits per heavy atom. The standard InChI is InChI=1S/C15H30N2O.ClH/c1-2-14-8-7-12-17(13-10-14)15(18)9-5-3-4-6-11-16;/h14H,2-13,16H2,1H3;1H. The van der Waals surface area contributed by atoms with E-state index in [-0.39, 0.29) is 12.4 Å². The number of hydrogen-bond acceptors (Lipinski definition) is 2. The predicted molar refractivity (Wildman–Crippen MR) is 83.6 cm³/mol. The maximum absolute atomic E-state index is 12.1. The molecule has 3 nitrogen and oxygen atoms in total. The molecular formula is C15H31ClN2O. The van der Waals surface area contributed by atoms with Crippen LogP contribution in [0.15, 0.2) is 0 Å². The minimum Gasteiger partial charge on any atom is -0.343 e. The normalized spacial score (nSPS) is 19.7. The average molecular weight is 291 g/mol. The van der Waals surface area contributed by atoms with Crippen LogP contribution < -0.4 is 5.73 Å². The molecular weight excluding hydrogens is 260 g/mol. The van der Waals surface area contributed by atoms with Crippen molar-refractivity contribution in [1.82, 2.24) is 4.90 Å². The fourth-order valence-electron chi connectivity index (χ4n) is 2.76. The maximum Gasteiger partial charge on any atom is 0.222 e. The number of carbonyl (C=O) groups is 1. The zero-order chi connectivity index (χ0) is 13.2. The minimum absolute atomic E-state index is 0. The Hall–Kier alpha value is -0.280. The van der Waals surface area contributed by atoms with Crippen molar-refractivity contribution in [2.45, 2.75) is 64.7 Å². The molecule has 0 aromatic carbocycles. The first-order chi connectivity index (χ1) is 8.77. The number of amides is 1. The molecule has 1 unspecified atom stereocenters. The quantitative estimate of drug-likeness (QED) is 0.731. The van der Waals surface area contributed by atoms with Crippen LogP contribution in [0.3, 0.4) is 0 Å². The maximum atomic E-state index is 12.1. The summed E-state index contributed by atoms with van der Waals surface area (Å²) in [6.45, 7) is 5.01. The first-order valence-electron chi connectivity index (χ1n) is 7.75. The predicted octanol–water partition coefficient (Wildman–Crippen LogP) is 3.36. The molecule has 1 heterocycles. The van der Waals surface area contributed by atoms with Crippen molar-refractivity contribution < 1.29 is 4.79 Å². The largest absolute Gasteiger partial charge is 0.343 e. The van der Waals surface area contributed by atoms with E-state index >= 15 is 0 Å². The van der Waals surface area contributed by atoms with Crippen molar-refractivity contribution in [2.24, 2.45) is 11.7 Å². The highest BCUT2D eigenvalue weighted by atomic mass is 35.5. The van der Waals surface area contributed by atoms with E-state index in [1.54, 1.807) is 0 Å². The molecule has 0 spiro atoms. The van der Waals surface area contributed by atoms with Gasteiger partial charge in [0.2, 0.25) is 5.91 Å². The van der Waals surface area contributed by atoms with E-state index in [2.05, 4.69) is 11.8 Å². The van der Waals surface area contributed by atoms with E-state index in [4.69, 9.17) is 5.73 Å². The fraction of sp³-hybridized carbons (Fsp3) is 0.933. The van der Waals surface area contributed by atoms with Crippen LogP contribution in [-0.4, -0.2) is 30.4 Å². The molecule has 114 valence electrons. The first kappa shape index (κ1) is 18.7. The van der Waals surface area contributed by atoms with Crippen molar-refractivity contribution >= 4 is 18.3 Å². The molecule has 0 aromatic rings. The zero-order valence-corrected chi connectivity index (χ0v) is 13.2. The molecule has 0 aliphatic carbocycles. The van der Waals surface area contributed by atoms with Gasteiger partial charge >= 0.3 is 0 Å². The Kier molecular flexibility index (Phi) is 11.4. The summed E-state index contributed by atoms with van der Waals surface area (Å²) in [4.78, 5) is 14.2.